The van der Waals surface area contributed by atoms with E-state index in [1.807, 2.05) is 12.1 Å². The number of fused-ring (bicyclic) bond motifs is 1. The van der Waals surface area contributed by atoms with Gasteiger partial charge in [-0.15, -0.1) is 0 Å². The molecule has 2 aliphatic rings. The van der Waals surface area contributed by atoms with E-state index in [-0.39, 0.29) is 18.5 Å². The number of nitrogens with one attached hydrogen (secondary N) is 1. The Morgan fingerprint density at radius 3 is 3.00 bits per heavy atom. The molecule has 2 heterocycles. The van der Waals surface area contributed by atoms with Crippen LogP contribution in [0.4, 0.5) is 0 Å². The van der Waals surface area contributed by atoms with E-state index in [1.165, 1.54) is 0 Å². The van der Waals surface area contributed by atoms with Crippen LogP contribution in [0.2, 0.25) is 0 Å². The number of benzene rings is 1. The molecule has 0 bridgehead atoms. The molecule has 0 spiro atoms. The average molecular weight is 338 g/mol. The van der Waals surface area contributed by atoms with Gasteiger partial charge < -0.3 is 9.64 Å². The quantitative estimate of drug-likeness (QED) is 0.894. The minimum absolute atomic E-state index is 0.0281. The van der Waals surface area contributed by atoms with Crippen LogP contribution in [0.3, 0.4) is 0 Å². The summed E-state index contributed by atoms with van der Waals surface area (Å²) < 4.78 is 30.6. The number of piperidine rings is 1. The Bertz CT molecular complexity index is 702. The van der Waals surface area contributed by atoms with Crippen molar-refractivity contribution in [3.8, 4) is 5.75 Å². The van der Waals surface area contributed by atoms with Gasteiger partial charge in [0.2, 0.25) is 10.0 Å². The van der Waals surface area contributed by atoms with E-state index >= 15 is 0 Å². The number of nitrogens with zero attached hydrogens (tertiary/aromatic N) is 1. The lowest BCUT2D eigenvalue weighted by Crippen LogP contribution is -2.49. The molecule has 1 unspecified atom stereocenters. The molecule has 2 aliphatic heterocycles. The van der Waals surface area contributed by atoms with Crippen molar-refractivity contribution in [2.75, 3.05) is 26.0 Å². The summed E-state index contributed by atoms with van der Waals surface area (Å²) >= 11 is 0. The van der Waals surface area contributed by atoms with Gasteiger partial charge in [0.15, 0.2) is 0 Å². The Hall–Kier alpha value is -1.60. The molecular formula is C16H22N2O4S. The summed E-state index contributed by atoms with van der Waals surface area (Å²) in [6.07, 6.45) is 4.76. The van der Waals surface area contributed by atoms with E-state index in [1.54, 1.807) is 11.0 Å². The molecule has 7 heteroatoms. The van der Waals surface area contributed by atoms with Crippen molar-refractivity contribution < 1.29 is 17.9 Å². The zero-order chi connectivity index (χ0) is 16.4. The third-order valence-corrected chi connectivity index (χ3v) is 5.10. The van der Waals surface area contributed by atoms with Gasteiger partial charge in [0.05, 0.1) is 12.9 Å². The minimum atomic E-state index is -3.25. The van der Waals surface area contributed by atoms with Crippen LogP contribution in [0.5, 0.6) is 5.75 Å². The summed E-state index contributed by atoms with van der Waals surface area (Å²) in [5.74, 6) is 0.829. The first-order valence-electron chi connectivity index (χ1n) is 7.95. The molecule has 0 radical (unpaired) electrons. The standard InChI is InChI=1S/C16H22N2O4S/c1-23(20,21)17-11-14-4-2-3-8-18(14)16(19)13-5-6-15-12(10-13)7-9-22-15/h5-6,10,14,17H,2-4,7-9,11H2,1H3. The zero-order valence-corrected chi connectivity index (χ0v) is 14.1. The number of rotatable bonds is 4. The smallest absolute Gasteiger partial charge is 0.254 e. The summed E-state index contributed by atoms with van der Waals surface area (Å²) in [5, 5.41) is 0. The van der Waals surface area contributed by atoms with E-state index in [0.717, 1.165) is 43.3 Å². The van der Waals surface area contributed by atoms with E-state index in [2.05, 4.69) is 4.72 Å². The van der Waals surface area contributed by atoms with Crippen LogP contribution in [0.15, 0.2) is 18.2 Å². The van der Waals surface area contributed by atoms with Crippen LogP contribution in [0, 0.1) is 0 Å². The molecule has 1 saturated heterocycles. The molecule has 6 nitrogen and oxygen atoms in total. The second-order valence-electron chi connectivity index (χ2n) is 6.19. The molecule has 3 rings (SSSR count). The van der Waals surface area contributed by atoms with Gasteiger partial charge in [-0.3, -0.25) is 4.79 Å². The molecule has 1 N–H and O–H groups in total. The Morgan fingerprint density at radius 1 is 1.39 bits per heavy atom. The Morgan fingerprint density at radius 2 is 2.22 bits per heavy atom. The molecule has 0 saturated carbocycles. The van der Waals surface area contributed by atoms with Crippen LogP contribution in [-0.4, -0.2) is 51.2 Å². The van der Waals surface area contributed by atoms with Crippen LogP contribution in [0.1, 0.15) is 35.2 Å². The van der Waals surface area contributed by atoms with Gasteiger partial charge in [-0.2, -0.15) is 0 Å². The maximum Gasteiger partial charge on any atom is 0.254 e. The van der Waals surface area contributed by atoms with Gasteiger partial charge in [-0.05, 0) is 43.0 Å². The van der Waals surface area contributed by atoms with Crippen molar-refractivity contribution in [3.05, 3.63) is 29.3 Å². The molecule has 1 amide bonds. The highest BCUT2D eigenvalue weighted by Gasteiger charge is 2.28. The minimum Gasteiger partial charge on any atom is -0.493 e. The first-order valence-corrected chi connectivity index (χ1v) is 9.84. The van der Waals surface area contributed by atoms with Gasteiger partial charge in [-0.25, -0.2) is 13.1 Å². The van der Waals surface area contributed by atoms with Crippen LogP contribution < -0.4 is 9.46 Å². The van der Waals surface area contributed by atoms with Crippen LogP contribution in [0.25, 0.3) is 0 Å². The van der Waals surface area contributed by atoms with Gasteiger partial charge >= 0.3 is 0 Å². The van der Waals surface area contributed by atoms with Crippen LogP contribution >= 0.6 is 0 Å². The molecule has 1 aromatic rings. The number of likely N-dealkylation sites (tertiary alicyclic amines) is 1. The fourth-order valence-corrected chi connectivity index (χ4v) is 3.71. The summed E-state index contributed by atoms with van der Waals surface area (Å²) in [5.41, 5.74) is 1.72. The lowest BCUT2D eigenvalue weighted by molar-refractivity contribution is 0.0618. The molecule has 23 heavy (non-hydrogen) atoms. The van der Waals surface area contributed by atoms with Crippen molar-refractivity contribution in [3.63, 3.8) is 0 Å². The topological polar surface area (TPSA) is 75.7 Å². The average Bonchev–Trinajstić information content (AvgIpc) is 2.99. The predicted octanol–water partition coefficient (Wildman–Crippen LogP) is 1.17. The third-order valence-electron chi connectivity index (χ3n) is 4.41. The van der Waals surface area contributed by atoms with Gasteiger partial charge in [0.1, 0.15) is 5.75 Å². The van der Waals surface area contributed by atoms with Crippen molar-refractivity contribution >= 4 is 15.9 Å². The molecule has 0 aromatic heterocycles. The van der Waals surface area contributed by atoms with Crippen LogP contribution in [-0.2, 0) is 16.4 Å². The van der Waals surface area contributed by atoms with Crippen molar-refractivity contribution in [2.24, 2.45) is 0 Å². The van der Waals surface area contributed by atoms with E-state index in [4.69, 9.17) is 4.74 Å². The zero-order valence-electron chi connectivity index (χ0n) is 13.2. The highest BCUT2D eigenvalue weighted by atomic mass is 32.2. The predicted molar refractivity (Wildman–Crippen MR) is 87.2 cm³/mol. The fourth-order valence-electron chi connectivity index (χ4n) is 3.21. The highest BCUT2D eigenvalue weighted by molar-refractivity contribution is 7.88. The normalized spacial score (nSPS) is 20.9. The van der Waals surface area contributed by atoms with Crippen molar-refractivity contribution in [1.29, 1.82) is 0 Å². The van der Waals surface area contributed by atoms with Crippen molar-refractivity contribution in [2.45, 2.75) is 31.7 Å². The molecule has 126 valence electrons. The van der Waals surface area contributed by atoms with E-state index < -0.39 is 10.0 Å². The molecular weight excluding hydrogens is 316 g/mol. The SMILES string of the molecule is CS(=O)(=O)NCC1CCCCN1C(=O)c1ccc2c(c1)CCO2. The molecule has 1 fully saturated rings. The summed E-state index contributed by atoms with van der Waals surface area (Å²) in [7, 11) is -3.25. The molecule has 0 aliphatic carbocycles. The lowest BCUT2D eigenvalue weighted by atomic mass is 10.00. The second-order valence-corrected chi connectivity index (χ2v) is 8.02. The summed E-state index contributed by atoms with van der Waals surface area (Å²) in [4.78, 5) is 14.6. The Labute approximate surface area is 136 Å². The van der Waals surface area contributed by atoms with E-state index in [0.29, 0.717) is 18.7 Å². The highest BCUT2D eigenvalue weighted by Crippen LogP contribution is 2.27. The summed E-state index contributed by atoms with van der Waals surface area (Å²) in [6, 6.07) is 5.46. The number of hydrogen-bond donors (Lipinski definition) is 1. The number of sulfonamides is 1. The van der Waals surface area contributed by atoms with E-state index in [9.17, 15) is 13.2 Å². The first-order chi connectivity index (χ1) is 10.9. The largest absolute Gasteiger partial charge is 0.493 e. The Kier molecular flexibility index (Phi) is 4.59. The maximum atomic E-state index is 12.8. The van der Waals surface area contributed by atoms with Gasteiger partial charge in [0, 0.05) is 31.1 Å². The second kappa shape index (κ2) is 6.49. The number of carbonyl (C=O) groups excluding carboxylic acids is 1. The lowest BCUT2D eigenvalue weighted by Gasteiger charge is -2.36. The number of carbonyl (C=O) groups is 1. The number of amides is 1. The molecule has 1 aromatic carbocycles. The van der Waals surface area contributed by atoms with Gasteiger partial charge in [0.25, 0.3) is 5.91 Å². The Balaban J connectivity index is 1.75. The van der Waals surface area contributed by atoms with Gasteiger partial charge in [-0.1, -0.05) is 0 Å². The summed E-state index contributed by atoms with van der Waals surface area (Å²) in [6.45, 7) is 1.61. The third kappa shape index (κ3) is 3.84. The number of hydrogen-bond acceptors (Lipinski definition) is 4. The number of ether oxygens (including phenoxy) is 1. The fraction of sp³-hybridized carbons (Fsp3) is 0.562. The molecule has 1 atom stereocenters. The van der Waals surface area contributed by atoms with Crippen molar-refractivity contribution in [1.82, 2.24) is 9.62 Å². The maximum absolute atomic E-state index is 12.8. The monoisotopic (exact) mass is 338 g/mol. The first kappa shape index (κ1) is 16.3.